The number of amides is 2. The van der Waals surface area contributed by atoms with E-state index in [0.717, 1.165) is 44.6 Å². The number of hydrogen-bond acceptors (Lipinski definition) is 4. The van der Waals surface area contributed by atoms with Crippen molar-refractivity contribution < 1.29 is 14.3 Å². The zero-order chi connectivity index (χ0) is 20.3. The largest absolute Gasteiger partial charge is 0.493 e. The maximum atomic E-state index is 13.5. The van der Waals surface area contributed by atoms with Gasteiger partial charge in [-0.15, -0.1) is 0 Å². The molecule has 29 heavy (non-hydrogen) atoms. The lowest BCUT2D eigenvalue weighted by molar-refractivity contribution is 0.108. The van der Waals surface area contributed by atoms with Crippen LogP contribution in [0, 0.1) is 0 Å². The number of carbonyl (C=O) groups excluding carboxylic acids is 1. The second-order valence-corrected chi connectivity index (χ2v) is 7.79. The van der Waals surface area contributed by atoms with Crippen LogP contribution in [-0.4, -0.2) is 56.9 Å². The smallest absolute Gasteiger partial charge is 0.325 e. The molecule has 0 radical (unpaired) electrons. The Morgan fingerprint density at radius 1 is 1.03 bits per heavy atom. The molecule has 6 nitrogen and oxygen atoms in total. The molecular formula is C23H29N3O3. The van der Waals surface area contributed by atoms with E-state index in [0.29, 0.717) is 18.0 Å². The summed E-state index contributed by atoms with van der Waals surface area (Å²) in [5.41, 5.74) is 1.92. The van der Waals surface area contributed by atoms with E-state index in [-0.39, 0.29) is 11.6 Å². The quantitative estimate of drug-likeness (QED) is 0.815. The minimum atomic E-state index is -0.192. The second-order valence-electron chi connectivity index (χ2n) is 7.79. The summed E-state index contributed by atoms with van der Waals surface area (Å²) < 4.78 is 10.8. The highest BCUT2D eigenvalue weighted by Crippen LogP contribution is 2.36. The van der Waals surface area contributed by atoms with Crippen molar-refractivity contribution in [1.82, 2.24) is 10.2 Å². The molecule has 1 atom stereocenters. The maximum absolute atomic E-state index is 13.5. The van der Waals surface area contributed by atoms with Crippen molar-refractivity contribution >= 4 is 11.7 Å². The Kier molecular flexibility index (Phi) is 5.62. The van der Waals surface area contributed by atoms with Gasteiger partial charge < -0.3 is 19.7 Å². The zero-order valence-corrected chi connectivity index (χ0v) is 17.2. The highest BCUT2D eigenvalue weighted by atomic mass is 16.5. The van der Waals surface area contributed by atoms with Crippen LogP contribution >= 0.6 is 0 Å². The third-order valence-electron chi connectivity index (χ3n) is 6.09. The Morgan fingerprint density at radius 2 is 1.83 bits per heavy atom. The Balaban J connectivity index is 1.60. The normalized spacial score (nSPS) is 22.1. The highest BCUT2D eigenvalue weighted by molar-refractivity contribution is 5.95. The molecule has 1 N–H and O–H groups in total. The number of hydrogen-bond donors (Lipinski definition) is 1. The molecule has 2 heterocycles. The minimum Gasteiger partial charge on any atom is -0.493 e. The van der Waals surface area contributed by atoms with Crippen molar-refractivity contribution in [3.8, 4) is 11.5 Å². The van der Waals surface area contributed by atoms with Crippen molar-refractivity contribution in [2.45, 2.75) is 24.8 Å². The Hall–Kier alpha value is -2.73. The van der Waals surface area contributed by atoms with Crippen LogP contribution in [0.2, 0.25) is 0 Å². The number of anilines is 1. The molecule has 0 aromatic heterocycles. The van der Waals surface area contributed by atoms with E-state index in [4.69, 9.17) is 9.47 Å². The summed E-state index contributed by atoms with van der Waals surface area (Å²) in [4.78, 5) is 17.4. The summed E-state index contributed by atoms with van der Waals surface area (Å²) in [6.45, 7) is 3.23. The molecule has 0 bridgehead atoms. The number of benzene rings is 2. The van der Waals surface area contributed by atoms with Crippen LogP contribution in [0.15, 0.2) is 48.5 Å². The van der Waals surface area contributed by atoms with E-state index < -0.39 is 0 Å². The number of urea groups is 1. The van der Waals surface area contributed by atoms with Gasteiger partial charge in [-0.05, 0) is 43.5 Å². The van der Waals surface area contributed by atoms with E-state index in [1.165, 1.54) is 5.56 Å². The SMILES string of the molecule is COc1ccc(N2CCN(C3(Cc4ccccc4)CCCNC3)C2=O)cc1OC. The molecular weight excluding hydrogens is 366 g/mol. The summed E-state index contributed by atoms with van der Waals surface area (Å²) in [5.74, 6) is 1.30. The van der Waals surface area contributed by atoms with E-state index in [1.54, 1.807) is 14.2 Å². The number of ether oxygens (including phenoxy) is 2. The molecule has 2 fully saturated rings. The monoisotopic (exact) mass is 395 g/mol. The molecule has 0 aliphatic carbocycles. The number of carbonyl (C=O) groups is 1. The first kappa shape index (κ1) is 19.6. The van der Waals surface area contributed by atoms with Crippen LogP contribution in [0.3, 0.4) is 0 Å². The molecule has 2 aliphatic rings. The predicted octanol–water partition coefficient (Wildman–Crippen LogP) is 3.31. The summed E-state index contributed by atoms with van der Waals surface area (Å²) in [6.07, 6.45) is 2.96. The van der Waals surface area contributed by atoms with Gasteiger partial charge in [0.15, 0.2) is 11.5 Å². The van der Waals surface area contributed by atoms with Crippen molar-refractivity contribution in [2.24, 2.45) is 0 Å². The summed E-state index contributed by atoms with van der Waals surface area (Å²) in [6, 6.07) is 16.2. The average Bonchev–Trinajstić information content (AvgIpc) is 3.16. The molecule has 0 spiro atoms. The topological polar surface area (TPSA) is 54.0 Å². The average molecular weight is 396 g/mol. The molecule has 1 unspecified atom stereocenters. The lowest BCUT2D eigenvalue weighted by Crippen LogP contribution is -2.60. The fraction of sp³-hybridized carbons (Fsp3) is 0.435. The minimum absolute atomic E-state index is 0.0665. The van der Waals surface area contributed by atoms with Crippen molar-refractivity contribution in [1.29, 1.82) is 0 Å². The van der Waals surface area contributed by atoms with Gasteiger partial charge in [-0.25, -0.2) is 4.79 Å². The van der Waals surface area contributed by atoms with Crippen molar-refractivity contribution in [3.05, 3.63) is 54.1 Å². The molecule has 6 heteroatoms. The fourth-order valence-corrected chi connectivity index (χ4v) is 4.61. The van der Waals surface area contributed by atoms with Gasteiger partial charge >= 0.3 is 6.03 Å². The first-order chi connectivity index (χ1) is 14.2. The number of nitrogens with one attached hydrogen (secondary N) is 1. The van der Waals surface area contributed by atoms with Gasteiger partial charge in [-0.2, -0.15) is 0 Å². The Morgan fingerprint density at radius 3 is 2.52 bits per heavy atom. The van der Waals surface area contributed by atoms with Crippen LogP contribution in [0.5, 0.6) is 11.5 Å². The molecule has 2 amide bonds. The number of methoxy groups -OCH3 is 2. The van der Waals surface area contributed by atoms with E-state index in [1.807, 2.05) is 29.2 Å². The van der Waals surface area contributed by atoms with Gasteiger partial charge in [0.1, 0.15) is 0 Å². The van der Waals surface area contributed by atoms with Crippen LogP contribution < -0.4 is 19.7 Å². The fourth-order valence-electron chi connectivity index (χ4n) is 4.61. The molecule has 4 rings (SSSR count). The number of nitrogens with zero attached hydrogens (tertiary/aromatic N) is 2. The molecule has 2 saturated heterocycles. The first-order valence-electron chi connectivity index (χ1n) is 10.2. The second kappa shape index (κ2) is 8.33. The highest BCUT2D eigenvalue weighted by Gasteiger charge is 2.45. The summed E-state index contributed by atoms with van der Waals surface area (Å²) in [5, 5.41) is 3.53. The van der Waals surface area contributed by atoms with Crippen molar-refractivity contribution in [3.63, 3.8) is 0 Å². The van der Waals surface area contributed by atoms with Gasteiger partial charge in [0, 0.05) is 31.4 Å². The third kappa shape index (κ3) is 3.77. The number of rotatable bonds is 6. The van der Waals surface area contributed by atoms with Crippen LogP contribution in [-0.2, 0) is 6.42 Å². The lowest BCUT2D eigenvalue weighted by Gasteiger charge is -2.45. The lowest BCUT2D eigenvalue weighted by atomic mass is 9.82. The third-order valence-corrected chi connectivity index (χ3v) is 6.09. The van der Waals surface area contributed by atoms with E-state index in [9.17, 15) is 4.79 Å². The van der Waals surface area contributed by atoms with Crippen LogP contribution in [0.25, 0.3) is 0 Å². The number of piperidine rings is 1. The first-order valence-corrected chi connectivity index (χ1v) is 10.2. The summed E-state index contributed by atoms with van der Waals surface area (Å²) >= 11 is 0. The van der Waals surface area contributed by atoms with Crippen LogP contribution in [0.4, 0.5) is 10.5 Å². The molecule has 154 valence electrons. The van der Waals surface area contributed by atoms with Gasteiger partial charge in [-0.3, -0.25) is 4.90 Å². The Labute approximate surface area is 172 Å². The summed E-state index contributed by atoms with van der Waals surface area (Å²) in [7, 11) is 3.23. The molecule has 2 aromatic rings. The molecule has 2 aliphatic heterocycles. The van der Waals surface area contributed by atoms with E-state index >= 15 is 0 Å². The van der Waals surface area contributed by atoms with Crippen LogP contribution in [0.1, 0.15) is 18.4 Å². The van der Waals surface area contributed by atoms with Gasteiger partial charge in [0.25, 0.3) is 0 Å². The molecule has 2 aromatic carbocycles. The Bertz CT molecular complexity index is 850. The van der Waals surface area contributed by atoms with Gasteiger partial charge in [-0.1, -0.05) is 30.3 Å². The predicted molar refractivity (Wildman–Crippen MR) is 114 cm³/mol. The van der Waals surface area contributed by atoms with E-state index in [2.05, 4.69) is 34.5 Å². The molecule has 0 saturated carbocycles. The van der Waals surface area contributed by atoms with Gasteiger partial charge in [0.05, 0.1) is 19.8 Å². The van der Waals surface area contributed by atoms with Gasteiger partial charge in [0.2, 0.25) is 0 Å². The zero-order valence-electron chi connectivity index (χ0n) is 17.2. The van der Waals surface area contributed by atoms with Crippen molar-refractivity contribution in [2.75, 3.05) is 45.3 Å². The standard InChI is InChI=1S/C23H29N3O3/c1-28-20-10-9-19(15-21(20)29-2)25-13-14-26(22(25)27)23(11-6-12-24-17-23)16-18-7-4-3-5-8-18/h3-5,7-10,15,24H,6,11-14,16-17H2,1-2H3. The maximum Gasteiger partial charge on any atom is 0.325 e.